The number of halogens is 2. The van der Waals surface area contributed by atoms with Gasteiger partial charge in [0.25, 0.3) is 11.5 Å². The second kappa shape index (κ2) is 5.30. The highest BCUT2D eigenvalue weighted by atomic mass is 19.3. The Kier molecular flexibility index (Phi) is 3.43. The van der Waals surface area contributed by atoms with Crippen LogP contribution in [-0.2, 0) is 0 Å². The van der Waals surface area contributed by atoms with Crippen LogP contribution >= 0.6 is 0 Å². The highest BCUT2D eigenvalue weighted by Crippen LogP contribution is 2.24. The molecular formula is C13H11F2N5O3. The Hall–Kier alpha value is -3.04. The summed E-state index contributed by atoms with van der Waals surface area (Å²) >= 11 is 0. The van der Waals surface area contributed by atoms with Gasteiger partial charge in [0.2, 0.25) is 0 Å². The van der Waals surface area contributed by atoms with Crippen LogP contribution in [0.2, 0.25) is 0 Å². The zero-order chi connectivity index (χ0) is 16.6. The van der Waals surface area contributed by atoms with E-state index in [0.717, 1.165) is 6.92 Å². The predicted octanol–water partition coefficient (Wildman–Crippen LogP) is 0.807. The summed E-state index contributed by atoms with van der Waals surface area (Å²) in [5, 5.41) is 4.15. The summed E-state index contributed by atoms with van der Waals surface area (Å²) in [4.78, 5) is 31.3. The molecule has 0 aromatic carbocycles. The van der Waals surface area contributed by atoms with Crippen LogP contribution in [-0.4, -0.2) is 37.1 Å². The summed E-state index contributed by atoms with van der Waals surface area (Å²) in [7, 11) is 0. The molecule has 0 spiro atoms. The van der Waals surface area contributed by atoms with E-state index in [1.807, 2.05) is 0 Å². The predicted molar refractivity (Wildman–Crippen MR) is 75.8 cm³/mol. The number of ether oxygens (including phenoxy) is 1. The SMILES string of the molecule is CC(F)(F)COc1cc(-c2c[nH]c(=O)[nH]c2=O)nn2ccnc12. The number of hydrogen-bond donors (Lipinski definition) is 2. The first-order valence-corrected chi connectivity index (χ1v) is 6.51. The van der Waals surface area contributed by atoms with Crippen LogP contribution in [0.25, 0.3) is 16.9 Å². The molecule has 23 heavy (non-hydrogen) atoms. The van der Waals surface area contributed by atoms with Crippen LogP contribution in [0.15, 0.2) is 34.2 Å². The van der Waals surface area contributed by atoms with Gasteiger partial charge in [-0.15, -0.1) is 0 Å². The summed E-state index contributed by atoms with van der Waals surface area (Å²) < 4.78 is 32.4. The number of nitrogens with zero attached hydrogens (tertiary/aromatic N) is 3. The van der Waals surface area contributed by atoms with Gasteiger partial charge in [0.1, 0.15) is 5.69 Å². The van der Waals surface area contributed by atoms with E-state index in [2.05, 4.69) is 20.1 Å². The summed E-state index contributed by atoms with van der Waals surface area (Å²) in [6, 6.07) is 1.32. The summed E-state index contributed by atoms with van der Waals surface area (Å²) in [6.45, 7) is -0.120. The molecule has 3 rings (SSSR count). The maximum absolute atomic E-state index is 13.0. The lowest BCUT2D eigenvalue weighted by molar-refractivity contribution is -0.0226. The molecule has 3 heterocycles. The van der Waals surface area contributed by atoms with Gasteiger partial charge in [0, 0.05) is 31.6 Å². The molecule has 2 N–H and O–H groups in total. The van der Waals surface area contributed by atoms with Gasteiger partial charge in [0.15, 0.2) is 18.0 Å². The molecule has 0 atom stereocenters. The van der Waals surface area contributed by atoms with Crippen LogP contribution in [0.5, 0.6) is 5.75 Å². The molecule has 0 aliphatic rings. The van der Waals surface area contributed by atoms with Crippen LogP contribution < -0.4 is 16.0 Å². The van der Waals surface area contributed by atoms with Gasteiger partial charge in [-0.3, -0.25) is 9.78 Å². The van der Waals surface area contributed by atoms with Gasteiger partial charge < -0.3 is 9.72 Å². The maximum atomic E-state index is 13.0. The van der Waals surface area contributed by atoms with Crippen LogP contribution in [0.3, 0.4) is 0 Å². The van der Waals surface area contributed by atoms with E-state index in [0.29, 0.717) is 0 Å². The molecule has 10 heteroatoms. The second-order valence-corrected chi connectivity index (χ2v) is 4.93. The number of hydrogen-bond acceptors (Lipinski definition) is 5. The Morgan fingerprint density at radius 3 is 2.87 bits per heavy atom. The van der Waals surface area contributed by atoms with Crippen molar-refractivity contribution in [3.63, 3.8) is 0 Å². The molecule has 0 aliphatic heterocycles. The molecule has 0 amide bonds. The first-order valence-electron chi connectivity index (χ1n) is 6.51. The van der Waals surface area contributed by atoms with Crippen molar-refractivity contribution in [2.24, 2.45) is 0 Å². The molecule has 0 unspecified atom stereocenters. The highest BCUT2D eigenvalue weighted by Gasteiger charge is 2.23. The van der Waals surface area contributed by atoms with Gasteiger partial charge in [-0.05, 0) is 0 Å². The van der Waals surface area contributed by atoms with Crippen molar-refractivity contribution in [1.82, 2.24) is 24.6 Å². The van der Waals surface area contributed by atoms with Gasteiger partial charge in [-0.1, -0.05) is 0 Å². The average molecular weight is 323 g/mol. The molecule has 0 saturated heterocycles. The van der Waals surface area contributed by atoms with E-state index in [9.17, 15) is 18.4 Å². The molecule has 0 radical (unpaired) electrons. The smallest absolute Gasteiger partial charge is 0.325 e. The molecule has 8 nitrogen and oxygen atoms in total. The van der Waals surface area contributed by atoms with Gasteiger partial charge in [0.05, 0.1) is 5.56 Å². The minimum absolute atomic E-state index is 0.0483. The van der Waals surface area contributed by atoms with Crippen LogP contribution in [0.4, 0.5) is 8.78 Å². The second-order valence-electron chi connectivity index (χ2n) is 4.93. The van der Waals surface area contributed by atoms with E-state index < -0.39 is 23.8 Å². The van der Waals surface area contributed by atoms with E-state index in [1.165, 1.54) is 29.2 Å². The largest absolute Gasteiger partial charge is 0.483 e. The fourth-order valence-corrected chi connectivity index (χ4v) is 1.93. The van der Waals surface area contributed by atoms with E-state index in [1.54, 1.807) is 0 Å². The summed E-state index contributed by atoms with van der Waals surface area (Å²) in [5.74, 6) is -2.98. The normalized spacial score (nSPS) is 11.8. The number of nitrogens with one attached hydrogen (secondary N) is 2. The van der Waals surface area contributed by atoms with Crippen molar-refractivity contribution in [2.45, 2.75) is 12.8 Å². The fraction of sp³-hybridized carbons (Fsp3) is 0.231. The van der Waals surface area contributed by atoms with Crippen molar-refractivity contribution >= 4 is 5.65 Å². The number of alkyl halides is 2. The topological polar surface area (TPSA) is 105 Å². The number of fused-ring (bicyclic) bond motifs is 1. The molecule has 120 valence electrons. The summed E-state index contributed by atoms with van der Waals surface area (Å²) in [6.07, 6.45) is 4.08. The zero-order valence-electron chi connectivity index (χ0n) is 11.8. The molecule has 3 aromatic rings. The number of aromatic amines is 2. The van der Waals surface area contributed by atoms with Crippen molar-refractivity contribution in [1.29, 1.82) is 0 Å². The van der Waals surface area contributed by atoms with Gasteiger partial charge >= 0.3 is 5.69 Å². The molecular weight excluding hydrogens is 312 g/mol. The first kappa shape index (κ1) is 14.9. The third kappa shape index (κ3) is 3.10. The lowest BCUT2D eigenvalue weighted by atomic mass is 10.2. The highest BCUT2D eigenvalue weighted by molar-refractivity contribution is 5.64. The molecule has 0 aliphatic carbocycles. The van der Waals surface area contributed by atoms with Crippen molar-refractivity contribution in [3.8, 4) is 17.0 Å². The third-order valence-corrected chi connectivity index (χ3v) is 2.90. The van der Waals surface area contributed by atoms with Crippen LogP contribution in [0.1, 0.15) is 6.92 Å². The van der Waals surface area contributed by atoms with Crippen molar-refractivity contribution < 1.29 is 13.5 Å². The third-order valence-electron chi connectivity index (χ3n) is 2.90. The lowest BCUT2D eigenvalue weighted by Gasteiger charge is -2.13. The quantitative estimate of drug-likeness (QED) is 0.739. The number of rotatable bonds is 4. The first-order chi connectivity index (χ1) is 10.8. The molecule has 3 aromatic heterocycles. The Balaban J connectivity index is 2.11. The van der Waals surface area contributed by atoms with Crippen molar-refractivity contribution in [3.05, 3.63) is 45.5 Å². The lowest BCUT2D eigenvalue weighted by Crippen LogP contribution is -2.23. The monoisotopic (exact) mass is 323 g/mol. The Morgan fingerprint density at radius 2 is 2.17 bits per heavy atom. The Bertz CT molecular complexity index is 970. The number of imidazole rings is 1. The van der Waals surface area contributed by atoms with Crippen LogP contribution in [0, 0.1) is 0 Å². The average Bonchev–Trinajstić information content (AvgIpc) is 2.92. The molecule has 0 bridgehead atoms. The minimum Gasteiger partial charge on any atom is -0.483 e. The zero-order valence-corrected chi connectivity index (χ0v) is 11.8. The van der Waals surface area contributed by atoms with E-state index in [4.69, 9.17) is 4.74 Å². The Labute approximate surface area is 126 Å². The maximum Gasteiger partial charge on any atom is 0.325 e. The number of aromatic nitrogens is 5. The summed E-state index contributed by atoms with van der Waals surface area (Å²) in [5.41, 5.74) is -0.883. The molecule has 0 fully saturated rings. The minimum atomic E-state index is -3.03. The van der Waals surface area contributed by atoms with Gasteiger partial charge in [-0.25, -0.2) is 23.1 Å². The van der Waals surface area contributed by atoms with Gasteiger partial charge in [-0.2, -0.15) is 5.10 Å². The van der Waals surface area contributed by atoms with Crippen molar-refractivity contribution in [2.75, 3.05) is 6.61 Å². The Morgan fingerprint density at radius 1 is 1.39 bits per heavy atom. The fourth-order valence-electron chi connectivity index (χ4n) is 1.93. The van der Waals surface area contributed by atoms with E-state index >= 15 is 0 Å². The number of H-pyrrole nitrogens is 2. The van der Waals surface area contributed by atoms with E-state index in [-0.39, 0.29) is 22.7 Å². The standard InChI is InChI=1S/C13H11F2N5O3/c1-13(14,15)6-23-9-4-8(19-20-3-2-16-10(9)20)7-5-17-12(22)18-11(7)21/h2-5H,6H2,1H3,(H2,17,18,21,22). The molecule has 0 saturated carbocycles.